The van der Waals surface area contributed by atoms with Crippen LogP contribution in [-0.4, -0.2) is 16.9 Å². The number of non-ortho nitro benzene ring substituents is 1. The lowest BCUT2D eigenvalue weighted by molar-refractivity contribution is -0.384. The average molecular weight is 286 g/mol. The Morgan fingerprint density at radius 2 is 1.90 bits per heavy atom. The van der Waals surface area contributed by atoms with E-state index in [1.807, 2.05) is 6.07 Å². The molecule has 1 amide bonds. The van der Waals surface area contributed by atoms with Gasteiger partial charge >= 0.3 is 0 Å². The van der Waals surface area contributed by atoms with Crippen molar-refractivity contribution in [1.29, 1.82) is 0 Å². The fourth-order valence-electron chi connectivity index (χ4n) is 1.70. The zero-order valence-electron chi connectivity index (χ0n) is 11.4. The topological polar surface area (TPSA) is 81.5 Å². The Morgan fingerprint density at radius 1 is 1.19 bits per heavy atom. The van der Waals surface area contributed by atoms with Gasteiger partial charge in [-0.2, -0.15) is 0 Å². The fraction of sp³-hybridized carbons (Fsp3) is 0.133. The molecule has 0 unspecified atom stereocenters. The van der Waals surface area contributed by atoms with Crippen molar-refractivity contribution >= 4 is 17.3 Å². The summed E-state index contributed by atoms with van der Waals surface area (Å²) in [7, 11) is 0. The molecule has 2 aromatic carbocycles. The van der Waals surface area contributed by atoms with Gasteiger partial charge in [0.1, 0.15) is 5.75 Å². The minimum absolute atomic E-state index is 0.0792. The second-order valence-corrected chi connectivity index (χ2v) is 4.37. The third-order valence-electron chi connectivity index (χ3n) is 2.75. The first kappa shape index (κ1) is 14.5. The zero-order valence-corrected chi connectivity index (χ0v) is 11.4. The Bertz CT molecular complexity index is 643. The van der Waals surface area contributed by atoms with Crippen LogP contribution < -0.4 is 10.1 Å². The molecule has 6 heteroatoms. The first-order valence-corrected chi connectivity index (χ1v) is 6.33. The summed E-state index contributed by atoms with van der Waals surface area (Å²) in [5.74, 6) is 0.207. The van der Waals surface area contributed by atoms with Crippen molar-refractivity contribution in [1.82, 2.24) is 0 Å². The highest BCUT2D eigenvalue weighted by atomic mass is 16.6. The van der Waals surface area contributed by atoms with Gasteiger partial charge in [0.25, 0.3) is 11.6 Å². The molecule has 2 rings (SSSR count). The Hall–Kier alpha value is -2.89. The van der Waals surface area contributed by atoms with E-state index in [1.54, 1.807) is 37.3 Å². The van der Waals surface area contributed by atoms with Gasteiger partial charge in [-0.15, -0.1) is 0 Å². The molecule has 0 radical (unpaired) electrons. The number of hydrogen-bond donors (Lipinski definition) is 1. The Kier molecular flexibility index (Phi) is 4.50. The van der Waals surface area contributed by atoms with Crippen LogP contribution in [0.3, 0.4) is 0 Å². The highest BCUT2D eigenvalue weighted by molar-refractivity contribution is 5.94. The predicted octanol–water partition coefficient (Wildman–Crippen LogP) is 3.00. The number of hydrogen-bond acceptors (Lipinski definition) is 4. The van der Waals surface area contributed by atoms with Crippen molar-refractivity contribution < 1.29 is 14.5 Å². The lowest BCUT2D eigenvalue weighted by Crippen LogP contribution is -2.30. The van der Waals surface area contributed by atoms with Crippen LogP contribution in [-0.2, 0) is 4.79 Å². The second kappa shape index (κ2) is 6.51. The Labute approximate surface area is 121 Å². The third-order valence-corrected chi connectivity index (χ3v) is 2.75. The Morgan fingerprint density at radius 3 is 2.57 bits per heavy atom. The van der Waals surface area contributed by atoms with Crippen molar-refractivity contribution in [3.05, 3.63) is 64.7 Å². The summed E-state index contributed by atoms with van der Waals surface area (Å²) in [5, 5.41) is 13.3. The molecule has 0 saturated carbocycles. The van der Waals surface area contributed by atoms with Crippen LogP contribution >= 0.6 is 0 Å². The molecule has 6 nitrogen and oxygen atoms in total. The lowest BCUT2D eigenvalue weighted by Gasteiger charge is -2.14. The number of para-hydroxylation sites is 1. The molecule has 0 spiro atoms. The van der Waals surface area contributed by atoms with Crippen LogP contribution in [0.25, 0.3) is 0 Å². The van der Waals surface area contributed by atoms with Gasteiger partial charge in [-0.25, -0.2) is 0 Å². The zero-order chi connectivity index (χ0) is 15.2. The van der Waals surface area contributed by atoms with Gasteiger partial charge in [-0.1, -0.05) is 24.3 Å². The van der Waals surface area contributed by atoms with E-state index in [9.17, 15) is 14.9 Å². The maximum Gasteiger partial charge on any atom is 0.271 e. The molecule has 0 heterocycles. The number of nitrogens with zero attached hydrogens (tertiary/aromatic N) is 1. The Balaban J connectivity index is 2.00. The number of amides is 1. The van der Waals surface area contributed by atoms with Crippen molar-refractivity contribution in [2.24, 2.45) is 0 Å². The molecule has 21 heavy (non-hydrogen) atoms. The molecular weight excluding hydrogens is 272 g/mol. The summed E-state index contributed by atoms with van der Waals surface area (Å²) in [6.45, 7) is 1.61. The van der Waals surface area contributed by atoms with Crippen LogP contribution in [0.2, 0.25) is 0 Å². The molecule has 0 saturated heterocycles. The van der Waals surface area contributed by atoms with Crippen LogP contribution in [0.15, 0.2) is 54.6 Å². The van der Waals surface area contributed by atoms with E-state index in [1.165, 1.54) is 18.2 Å². The van der Waals surface area contributed by atoms with Gasteiger partial charge in [0, 0.05) is 17.8 Å². The van der Waals surface area contributed by atoms with Crippen LogP contribution in [0, 0.1) is 10.1 Å². The third kappa shape index (κ3) is 4.04. The molecule has 0 bridgehead atoms. The summed E-state index contributed by atoms with van der Waals surface area (Å²) < 4.78 is 5.48. The highest BCUT2D eigenvalue weighted by Gasteiger charge is 2.16. The van der Waals surface area contributed by atoms with Gasteiger partial charge < -0.3 is 10.1 Å². The van der Waals surface area contributed by atoms with Gasteiger partial charge in [-0.05, 0) is 25.1 Å². The SMILES string of the molecule is C[C@@H](Oc1ccccc1)C(=O)Nc1cccc([N+](=O)[O-])c1. The summed E-state index contributed by atoms with van der Waals surface area (Å²) in [5.41, 5.74) is 0.280. The molecule has 0 aromatic heterocycles. The molecule has 2 aromatic rings. The standard InChI is InChI=1S/C15H14N2O4/c1-11(21-14-8-3-2-4-9-14)15(18)16-12-6-5-7-13(10-12)17(19)20/h2-11H,1H3,(H,16,18)/t11-/m1/s1. The second-order valence-electron chi connectivity index (χ2n) is 4.37. The quantitative estimate of drug-likeness (QED) is 0.676. The average Bonchev–Trinajstić information content (AvgIpc) is 2.48. The predicted molar refractivity (Wildman–Crippen MR) is 78.3 cm³/mol. The van der Waals surface area contributed by atoms with E-state index in [-0.39, 0.29) is 11.6 Å². The molecule has 1 N–H and O–H groups in total. The van der Waals surface area contributed by atoms with E-state index in [0.29, 0.717) is 11.4 Å². The van der Waals surface area contributed by atoms with E-state index in [4.69, 9.17) is 4.74 Å². The maximum atomic E-state index is 12.0. The van der Waals surface area contributed by atoms with Crippen LogP contribution in [0.1, 0.15) is 6.92 Å². The summed E-state index contributed by atoms with van der Waals surface area (Å²) in [6, 6.07) is 14.7. The van der Waals surface area contributed by atoms with E-state index < -0.39 is 11.0 Å². The number of benzene rings is 2. The number of ether oxygens (including phenoxy) is 1. The van der Waals surface area contributed by atoms with Crippen LogP contribution in [0.5, 0.6) is 5.75 Å². The number of nitro groups is 1. The normalized spacial score (nSPS) is 11.5. The first-order valence-electron chi connectivity index (χ1n) is 6.33. The number of nitro benzene ring substituents is 1. The number of rotatable bonds is 5. The highest BCUT2D eigenvalue weighted by Crippen LogP contribution is 2.18. The molecule has 108 valence electrons. The van der Waals surface area contributed by atoms with E-state index >= 15 is 0 Å². The molecule has 0 fully saturated rings. The van der Waals surface area contributed by atoms with Gasteiger partial charge in [0.05, 0.1) is 4.92 Å². The summed E-state index contributed by atoms with van der Waals surface area (Å²) in [4.78, 5) is 22.2. The van der Waals surface area contributed by atoms with Gasteiger partial charge in [0.2, 0.25) is 0 Å². The van der Waals surface area contributed by atoms with E-state index in [2.05, 4.69) is 5.32 Å². The molecular formula is C15H14N2O4. The number of anilines is 1. The molecule has 0 aliphatic carbocycles. The smallest absolute Gasteiger partial charge is 0.271 e. The minimum Gasteiger partial charge on any atom is -0.481 e. The summed E-state index contributed by atoms with van der Waals surface area (Å²) in [6.07, 6.45) is -0.716. The fourth-order valence-corrected chi connectivity index (χ4v) is 1.70. The lowest BCUT2D eigenvalue weighted by atomic mass is 10.2. The van der Waals surface area contributed by atoms with Crippen molar-refractivity contribution in [3.63, 3.8) is 0 Å². The van der Waals surface area contributed by atoms with Crippen molar-refractivity contribution in [2.75, 3.05) is 5.32 Å². The van der Waals surface area contributed by atoms with Crippen LogP contribution in [0.4, 0.5) is 11.4 Å². The monoisotopic (exact) mass is 286 g/mol. The van der Waals surface area contributed by atoms with Gasteiger partial charge in [0.15, 0.2) is 6.10 Å². The van der Waals surface area contributed by atoms with Crippen molar-refractivity contribution in [3.8, 4) is 5.75 Å². The molecule has 1 atom stereocenters. The number of nitrogens with one attached hydrogen (secondary N) is 1. The largest absolute Gasteiger partial charge is 0.481 e. The van der Waals surface area contributed by atoms with Gasteiger partial charge in [-0.3, -0.25) is 14.9 Å². The molecule has 0 aliphatic rings. The van der Waals surface area contributed by atoms with Crippen molar-refractivity contribution in [2.45, 2.75) is 13.0 Å². The molecule has 0 aliphatic heterocycles. The minimum atomic E-state index is -0.716. The first-order chi connectivity index (χ1) is 10.1. The maximum absolute atomic E-state index is 12.0. The number of carbonyl (C=O) groups is 1. The number of carbonyl (C=O) groups excluding carboxylic acids is 1. The van der Waals surface area contributed by atoms with E-state index in [0.717, 1.165) is 0 Å². The summed E-state index contributed by atoms with van der Waals surface area (Å²) >= 11 is 0.